The predicted octanol–water partition coefficient (Wildman–Crippen LogP) is 1.14. The highest BCUT2D eigenvalue weighted by molar-refractivity contribution is 8.02. The van der Waals surface area contributed by atoms with E-state index in [1.54, 1.807) is 21.3 Å². The molecule has 5 rings (SSSR count). The Morgan fingerprint density at radius 2 is 2.03 bits per heavy atom. The SMILES string of the molecule is CCCNC(=O)[C@@H]1[C@@H]2CC(C)C3(S2)C(C(=O)NCn2nnc4ccccc42)N([C@@H](CC)CO)C(=O)[C@H]13. The Morgan fingerprint density at radius 1 is 1.25 bits per heavy atom. The number of hydrogen-bond donors (Lipinski definition) is 3. The maximum Gasteiger partial charge on any atom is 0.245 e. The van der Waals surface area contributed by atoms with Gasteiger partial charge in [-0.05, 0) is 37.3 Å². The molecule has 3 aliphatic rings. The zero-order valence-electron chi connectivity index (χ0n) is 20.9. The van der Waals surface area contributed by atoms with Crippen LogP contribution in [0.4, 0.5) is 0 Å². The van der Waals surface area contributed by atoms with Gasteiger partial charge < -0.3 is 20.6 Å². The van der Waals surface area contributed by atoms with E-state index in [2.05, 4.69) is 27.9 Å². The molecule has 3 unspecified atom stereocenters. The van der Waals surface area contributed by atoms with E-state index in [1.807, 2.05) is 38.1 Å². The number of aliphatic hydroxyl groups excluding tert-OH is 1. The van der Waals surface area contributed by atoms with Crippen molar-refractivity contribution in [2.75, 3.05) is 13.2 Å². The summed E-state index contributed by atoms with van der Waals surface area (Å²) in [6.45, 7) is 6.41. The van der Waals surface area contributed by atoms with Gasteiger partial charge >= 0.3 is 0 Å². The van der Waals surface area contributed by atoms with Crippen LogP contribution in [0.3, 0.4) is 0 Å². The summed E-state index contributed by atoms with van der Waals surface area (Å²) in [7, 11) is 0. The monoisotopic (exact) mass is 514 g/mol. The van der Waals surface area contributed by atoms with Gasteiger partial charge in [-0.15, -0.1) is 16.9 Å². The molecular formula is C25H34N6O4S. The lowest BCUT2D eigenvalue weighted by Gasteiger charge is -2.40. The van der Waals surface area contributed by atoms with E-state index in [0.29, 0.717) is 13.0 Å². The third-order valence-corrected chi connectivity index (χ3v) is 10.3. The molecule has 3 amide bonds. The van der Waals surface area contributed by atoms with Crippen molar-refractivity contribution in [2.24, 2.45) is 17.8 Å². The third-order valence-electron chi connectivity index (χ3n) is 8.18. The molecule has 3 fully saturated rings. The van der Waals surface area contributed by atoms with Crippen LogP contribution in [0, 0.1) is 17.8 Å². The standard InChI is InChI=1S/C25H34N6O4S/c1-4-10-26-22(33)19-18-11-14(3)25(36-18)20(19)24(35)31(15(5-2)12-32)21(25)23(34)27-13-30-17-9-7-6-8-16(17)28-29-30/h6-9,14-15,18-21,32H,4-5,10-13H2,1-3H3,(H,26,33)(H,27,34)/t14?,15-,18-,19+,20-,21?,25?/m0/s1. The fraction of sp³-hybridized carbons (Fsp3) is 0.640. The fourth-order valence-electron chi connectivity index (χ4n) is 6.52. The number of carbonyl (C=O) groups is 3. The van der Waals surface area contributed by atoms with Crippen LogP contribution in [0.2, 0.25) is 0 Å². The number of likely N-dealkylation sites (tertiary alicyclic amines) is 1. The Kier molecular flexibility index (Phi) is 6.71. The van der Waals surface area contributed by atoms with E-state index >= 15 is 0 Å². The van der Waals surface area contributed by atoms with Gasteiger partial charge in [0.05, 0.1) is 34.7 Å². The van der Waals surface area contributed by atoms with Gasteiger partial charge in [0, 0.05) is 11.8 Å². The molecule has 0 radical (unpaired) electrons. The van der Waals surface area contributed by atoms with Gasteiger partial charge in [-0.25, -0.2) is 4.68 Å². The number of rotatable bonds is 9. The summed E-state index contributed by atoms with van der Waals surface area (Å²) in [6, 6.07) is 6.23. The van der Waals surface area contributed by atoms with Crippen LogP contribution in [0.5, 0.6) is 0 Å². The van der Waals surface area contributed by atoms with Gasteiger partial charge in [0.25, 0.3) is 0 Å². The Morgan fingerprint density at radius 3 is 2.75 bits per heavy atom. The molecular weight excluding hydrogens is 480 g/mol. The van der Waals surface area contributed by atoms with Crippen LogP contribution in [-0.2, 0) is 21.1 Å². The number of aliphatic hydroxyl groups is 1. The minimum absolute atomic E-state index is 0.00304. The van der Waals surface area contributed by atoms with Gasteiger partial charge in [-0.1, -0.05) is 38.1 Å². The first-order chi connectivity index (χ1) is 17.4. The second kappa shape index (κ2) is 9.66. The van der Waals surface area contributed by atoms with E-state index in [-0.39, 0.29) is 42.2 Å². The Hall–Kier alpha value is -2.66. The maximum atomic E-state index is 14.0. The van der Waals surface area contributed by atoms with Crippen molar-refractivity contribution < 1.29 is 19.5 Å². The van der Waals surface area contributed by atoms with Crippen molar-refractivity contribution in [1.29, 1.82) is 0 Å². The minimum atomic E-state index is -0.782. The van der Waals surface area contributed by atoms with Crippen LogP contribution >= 0.6 is 11.8 Å². The second-order valence-electron chi connectivity index (χ2n) is 10.1. The highest BCUT2D eigenvalue weighted by Gasteiger charge is 2.76. The number of aromatic nitrogens is 3. The first-order valence-corrected chi connectivity index (χ1v) is 13.7. The van der Waals surface area contributed by atoms with Crippen molar-refractivity contribution in [3.63, 3.8) is 0 Å². The molecule has 3 saturated heterocycles. The molecule has 11 heteroatoms. The number of nitrogens with one attached hydrogen (secondary N) is 2. The van der Waals surface area contributed by atoms with Crippen LogP contribution in [0.15, 0.2) is 24.3 Å². The van der Waals surface area contributed by atoms with E-state index in [9.17, 15) is 19.5 Å². The molecule has 7 atom stereocenters. The summed E-state index contributed by atoms with van der Waals surface area (Å²) in [5, 5.41) is 24.4. The summed E-state index contributed by atoms with van der Waals surface area (Å²) in [6.07, 6.45) is 2.10. The highest BCUT2D eigenvalue weighted by Crippen LogP contribution is 2.68. The fourth-order valence-corrected chi connectivity index (χ4v) is 8.92. The summed E-state index contributed by atoms with van der Waals surface area (Å²) >= 11 is 1.64. The van der Waals surface area contributed by atoms with Crippen molar-refractivity contribution >= 4 is 40.5 Å². The Labute approximate surface area is 214 Å². The third kappa shape index (κ3) is 3.61. The first-order valence-electron chi connectivity index (χ1n) is 12.8. The smallest absolute Gasteiger partial charge is 0.245 e. The van der Waals surface area contributed by atoms with Gasteiger partial charge in [0.1, 0.15) is 18.2 Å². The zero-order chi connectivity index (χ0) is 25.6. The molecule has 1 aromatic carbocycles. The molecule has 1 aromatic heterocycles. The number of hydrogen-bond acceptors (Lipinski definition) is 7. The van der Waals surface area contributed by atoms with Gasteiger partial charge in [0.15, 0.2) is 0 Å². The normalized spacial score (nSPS) is 31.6. The second-order valence-corrected chi connectivity index (χ2v) is 11.7. The summed E-state index contributed by atoms with van der Waals surface area (Å²) in [5.41, 5.74) is 1.53. The molecule has 194 valence electrons. The molecule has 3 N–H and O–H groups in total. The average molecular weight is 515 g/mol. The quantitative estimate of drug-likeness (QED) is 0.458. The molecule has 10 nitrogen and oxygen atoms in total. The minimum Gasteiger partial charge on any atom is -0.394 e. The van der Waals surface area contributed by atoms with Gasteiger partial charge in [-0.2, -0.15) is 0 Å². The Balaban J connectivity index is 1.48. The van der Waals surface area contributed by atoms with Crippen LogP contribution < -0.4 is 10.6 Å². The summed E-state index contributed by atoms with van der Waals surface area (Å²) in [5.74, 6) is -1.57. The molecule has 0 saturated carbocycles. The lowest BCUT2D eigenvalue weighted by atomic mass is 9.66. The van der Waals surface area contributed by atoms with Gasteiger partial charge in [-0.3, -0.25) is 14.4 Å². The van der Waals surface area contributed by atoms with Crippen molar-refractivity contribution in [1.82, 2.24) is 30.5 Å². The number of fused-ring (bicyclic) bond motifs is 2. The van der Waals surface area contributed by atoms with Crippen molar-refractivity contribution in [3.05, 3.63) is 24.3 Å². The molecule has 1 spiro atoms. The van der Waals surface area contributed by atoms with Crippen LogP contribution in [0.25, 0.3) is 11.0 Å². The predicted molar refractivity (Wildman–Crippen MR) is 136 cm³/mol. The van der Waals surface area contributed by atoms with Crippen molar-refractivity contribution in [2.45, 2.75) is 68.8 Å². The number of nitrogens with zero attached hydrogens (tertiary/aromatic N) is 4. The average Bonchev–Trinajstić information content (AvgIpc) is 3.60. The van der Waals surface area contributed by atoms with Crippen LogP contribution in [0.1, 0.15) is 40.0 Å². The molecule has 2 bridgehead atoms. The molecule has 2 aromatic rings. The van der Waals surface area contributed by atoms with Gasteiger partial charge in [0.2, 0.25) is 17.7 Å². The number of amides is 3. The molecule has 4 heterocycles. The number of para-hydroxylation sites is 1. The van der Waals surface area contributed by atoms with E-state index < -0.39 is 28.7 Å². The topological polar surface area (TPSA) is 129 Å². The maximum absolute atomic E-state index is 14.0. The Bertz CT molecular complexity index is 1170. The number of thioether (sulfide) groups is 1. The largest absolute Gasteiger partial charge is 0.394 e. The number of benzene rings is 1. The molecule has 0 aliphatic carbocycles. The van der Waals surface area contributed by atoms with Crippen molar-refractivity contribution in [3.8, 4) is 0 Å². The zero-order valence-corrected chi connectivity index (χ0v) is 21.7. The van der Waals surface area contributed by atoms with Crippen LogP contribution in [-0.4, -0.2) is 78.0 Å². The van der Waals surface area contributed by atoms with E-state index in [1.165, 1.54) is 0 Å². The van der Waals surface area contributed by atoms with E-state index in [0.717, 1.165) is 23.9 Å². The lowest BCUT2D eigenvalue weighted by molar-refractivity contribution is -0.143. The van der Waals surface area contributed by atoms with E-state index in [4.69, 9.17) is 0 Å². The summed E-state index contributed by atoms with van der Waals surface area (Å²) in [4.78, 5) is 42.7. The first kappa shape index (κ1) is 25.0. The number of carbonyl (C=O) groups excluding carboxylic acids is 3. The molecule has 36 heavy (non-hydrogen) atoms. The highest BCUT2D eigenvalue weighted by atomic mass is 32.2. The molecule has 3 aliphatic heterocycles. The summed E-state index contributed by atoms with van der Waals surface area (Å²) < 4.78 is 0.906. The lowest BCUT2D eigenvalue weighted by Crippen LogP contribution is -2.58.